The number of hydrogen-bond donors (Lipinski definition) is 0. The van der Waals surface area contributed by atoms with Gasteiger partial charge >= 0.3 is 0 Å². The minimum absolute atomic E-state index is 0.296. The standard InChI is InChI=1S/C21H24N4O/c1-24-20(22-15-23-24)14-25-12-11-19(16-7-4-3-5-8-16)21(25)17-9-6-10-18(13-17)26-2/h3-10,13,15,19,21H,11-12,14H2,1-2H3/t19-,21-/m0/s1. The molecule has 0 radical (unpaired) electrons. The Morgan fingerprint density at radius 2 is 1.88 bits per heavy atom. The van der Waals surface area contributed by atoms with E-state index in [0.717, 1.165) is 31.1 Å². The van der Waals surface area contributed by atoms with Gasteiger partial charge in [0, 0.05) is 19.0 Å². The topological polar surface area (TPSA) is 43.2 Å². The lowest BCUT2D eigenvalue weighted by atomic mass is 9.87. The van der Waals surface area contributed by atoms with Crippen LogP contribution < -0.4 is 4.74 Å². The van der Waals surface area contributed by atoms with Crippen molar-refractivity contribution in [3.63, 3.8) is 0 Å². The molecule has 134 valence electrons. The van der Waals surface area contributed by atoms with Crippen LogP contribution in [0.2, 0.25) is 0 Å². The fourth-order valence-electron chi connectivity index (χ4n) is 4.00. The van der Waals surface area contributed by atoms with E-state index >= 15 is 0 Å². The predicted molar refractivity (Wildman–Crippen MR) is 101 cm³/mol. The van der Waals surface area contributed by atoms with Gasteiger partial charge in [0.15, 0.2) is 0 Å². The van der Waals surface area contributed by atoms with Crippen molar-refractivity contribution >= 4 is 0 Å². The van der Waals surface area contributed by atoms with Gasteiger partial charge in [-0.1, -0.05) is 42.5 Å². The zero-order valence-electron chi connectivity index (χ0n) is 15.2. The molecule has 1 aliphatic rings. The van der Waals surface area contributed by atoms with Gasteiger partial charge in [0.2, 0.25) is 0 Å². The Hall–Kier alpha value is -2.66. The minimum Gasteiger partial charge on any atom is -0.497 e. The molecule has 1 fully saturated rings. The largest absolute Gasteiger partial charge is 0.497 e. The van der Waals surface area contributed by atoms with E-state index in [-0.39, 0.29) is 0 Å². The van der Waals surface area contributed by atoms with Crippen LogP contribution in [0.25, 0.3) is 0 Å². The number of aromatic nitrogens is 3. The smallest absolute Gasteiger partial charge is 0.140 e. The summed E-state index contributed by atoms with van der Waals surface area (Å²) in [7, 11) is 3.67. The van der Waals surface area contributed by atoms with Gasteiger partial charge in [-0.3, -0.25) is 9.58 Å². The highest BCUT2D eigenvalue weighted by Gasteiger charge is 2.36. The molecule has 0 spiro atoms. The third-order valence-corrected chi connectivity index (χ3v) is 5.31. The predicted octanol–water partition coefficient (Wildman–Crippen LogP) is 3.55. The van der Waals surface area contributed by atoms with Gasteiger partial charge in [0.1, 0.15) is 17.9 Å². The molecule has 2 aromatic carbocycles. The van der Waals surface area contributed by atoms with Crippen LogP contribution in [0.4, 0.5) is 0 Å². The van der Waals surface area contributed by atoms with Gasteiger partial charge in [-0.25, -0.2) is 4.98 Å². The Morgan fingerprint density at radius 1 is 1.08 bits per heavy atom. The van der Waals surface area contributed by atoms with Gasteiger partial charge in [-0.05, 0) is 36.2 Å². The van der Waals surface area contributed by atoms with Crippen molar-refractivity contribution in [3.05, 3.63) is 77.9 Å². The van der Waals surface area contributed by atoms with Crippen LogP contribution in [0, 0.1) is 0 Å². The molecule has 0 bridgehead atoms. The number of hydrogen-bond acceptors (Lipinski definition) is 4. The van der Waals surface area contributed by atoms with E-state index in [1.807, 2.05) is 17.8 Å². The first-order valence-electron chi connectivity index (χ1n) is 9.02. The van der Waals surface area contributed by atoms with E-state index in [1.165, 1.54) is 11.1 Å². The van der Waals surface area contributed by atoms with E-state index in [2.05, 4.69) is 63.5 Å². The van der Waals surface area contributed by atoms with Gasteiger partial charge in [-0.15, -0.1) is 0 Å². The van der Waals surface area contributed by atoms with Crippen molar-refractivity contribution in [1.29, 1.82) is 0 Å². The summed E-state index contributed by atoms with van der Waals surface area (Å²) in [4.78, 5) is 6.93. The molecule has 26 heavy (non-hydrogen) atoms. The number of rotatable bonds is 5. The van der Waals surface area contributed by atoms with E-state index in [1.54, 1.807) is 13.4 Å². The maximum Gasteiger partial charge on any atom is 0.140 e. The molecule has 0 N–H and O–H groups in total. The third-order valence-electron chi connectivity index (χ3n) is 5.31. The zero-order valence-corrected chi connectivity index (χ0v) is 15.2. The van der Waals surface area contributed by atoms with Crippen LogP contribution in [-0.2, 0) is 13.6 Å². The molecule has 2 heterocycles. The molecule has 0 unspecified atom stereocenters. The zero-order chi connectivity index (χ0) is 17.9. The lowest BCUT2D eigenvalue weighted by Gasteiger charge is -2.29. The lowest BCUT2D eigenvalue weighted by molar-refractivity contribution is 0.229. The number of likely N-dealkylation sites (tertiary alicyclic amines) is 1. The molecule has 5 nitrogen and oxygen atoms in total. The van der Waals surface area contributed by atoms with Crippen LogP contribution >= 0.6 is 0 Å². The summed E-state index contributed by atoms with van der Waals surface area (Å²) in [6, 6.07) is 19.6. The van der Waals surface area contributed by atoms with Crippen molar-refractivity contribution in [2.45, 2.75) is 24.9 Å². The Kier molecular flexibility index (Phi) is 4.71. The van der Waals surface area contributed by atoms with Crippen molar-refractivity contribution in [1.82, 2.24) is 19.7 Å². The second-order valence-electron chi connectivity index (χ2n) is 6.80. The molecule has 5 heteroatoms. The number of methoxy groups -OCH3 is 1. The molecule has 1 aliphatic heterocycles. The highest BCUT2D eigenvalue weighted by molar-refractivity contribution is 5.35. The molecule has 0 saturated carbocycles. The second kappa shape index (κ2) is 7.30. The summed E-state index contributed by atoms with van der Waals surface area (Å²) in [5, 5.41) is 4.22. The molecule has 1 saturated heterocycles. The number of nitrogens with zero attached hydrogens (tertiary/aromatic N) is 4. The number of benzene rings is 2. The summed E-state index contributed by atoms with van der Waals surface area (Å²) in [5.41, 5.74) is 2.68. The summed E-state index contributed by atoms with van der Waals surface area (Å²) in [6.45, 7) is 1.83. The van der Waals surface area contributed by atoms with E-state index in [4.69, 9.17) is 4.74 Å². The molecule has 4 rings (SSSR count). The summed E-state index contributed by atoms with van der Waals surface area (Å²) in [6.07, 6.45) is 2.75. The highest BCUT2D eigenvalue weighted by Crippen LogP contribution is 2.44. The van der Waals surface area contributed by atoms with Gasteiger partial charge in [0.05, 0.1) is 13.7 Å². The molecular formula is C21H24N4O. The maximum absolute atomic E-state index is 5.47. The first-order valence-corrected chi connectivity index (χ1v) is 9.02. The van der Waals surface area contributed by atoms with Crippen LogP contribution in [0.1, 0.15) is 35.3 Å². The Morgan fingerprint density at radius 3 is 2.62 bits per heavy atom. The summed E-state index contributed by atoms with van der Waals surface area (Å²) >= 11 is 0. The molecule has 3 aromatic rings. The fourth-order valence-corrected chi connectivity index (χ4v) is 4.00. The van der Waals surface area contributed by atoms with Crippen molar-refractivity contribution < 1.29 is 4.74 Å². The SMILES string of the molecule is COc1cccc([C@H]2[C@H](c3ccccc3)CCN2Cc2ncnn2C)c1. The van der Waals surface area contributed by atoms with Crippen molar-refractivity contribution in [2.24, 2.45) is 7.05 Å². The number of ether oxygens (including phenoxy) is 1. The first kappa shape index (κ1) is 16.8. The van der Waals surface area contributed by atoms with Crippen LogP contribution in [-0.4, -0.2) is 33.3 Å². The van der Waals surface area contributed by atoms with Gasteiger partial charge in [-0.2, -0.15) is 5.10 Å². The van der Waals surface area contributed by atoms with E-state index < -0.39 is 0 Å². The average Bonchev–Trinajstić information content (AvgIpc) is 3.29. The fraction of sp³-hybridized carbons (Fsp3) is 0.333. The van der Waals surface area contributed by atoms with Crippen molar-refractivity contribution in [3.8, 4) is 5.75 Å². The van der Waals surface area contributed by atoms with Gasteiger partial charge in [0.25, 0.3) is 0 Å². The summed E-state index contributed by atoms with van der Waals surface area (Å²) in [5.74, 6) is 2.35. The van der Waals surface area contributed by atoms with Crippen molar-refractivity contribution in [2.75, 3.05) is 13.7 Å². The quantitative estimate of drug-likeness (QED) is 0.707. The number of aryl methyl sites for hydroxylation is 1. The average molecular weight is 348 g/mol. The monoisotopic (exact) mass is 348 g/mol. The van der Waals surface area contributed by atoms with Gasteiger partial charge < -0.3 is 4.74 Å². The molecule has 1 aromatic heterocycles. The molecule has 0 amide bonds. The van der Waals surface area contributed by atoms with Crippen LogP contribution in [0.5, 0.6) is 5.75 Å². The minimum atomic E-state index is 0.296. The Balaban J connectivity index is 1.70. The Labute approximate surface area is 154 Å². The molecular weight excluding hydrogens is 324 g/mol. The van der Waals surface area contributed by atoms with Crippen LogP contribution in [0.15, 0.2) is 60.9 Å². The normalized spacial score (nSPS) is 20.4. The molecule has 2 atom stereocenters. The summed E-state index contributed by atoms with van der Waals surface area (Å²) < 4.78 is 7.33. The molecule has 0 aliphatic carbocycles. The van der Waals surface area contributed by atoms with Crippen LogP contribution in [0.3, 0.4) is 0 Å². The Bertz CT molecular complexity index is 861. The third kappa shape index (κ3) is 3.22. The highest BCUT2D eigenvalue weighted by atomic mass is 16.5. The first-order chi connectivity index (χ1) is 12.8. The van der Waals surface area contributed by atoms with E-state index in [9.17, 15) is 0 Å². The second-order valence-corrected chi connectivity index (χ2v) is 6.80. The maximum atomic E-state index is 5.47. The lowest BCUT2D eigenvalue weighted by Crippen LogP contribution is -2.26. The van der Waals surface area contributed by atoms with E-state index in [0.29, 0.717) is 12.0 Å².